The van der Waals surface area contributed by atoms with Crippen molar-refractivity contribution in [3.8, 4) is 0 Å². The van der Waals surface area contributed by atoms with Gasteiger partial charge in [-0.15, -0.1) is 0 Å². The van der Waals surface area contributed by atoms with Crippen LogP contribution in [0.5, 0.6) is 0 Å². The van der Waals surface area contributed by atoms with Crippen molar-refractivity contribution in [2.75, 3.05) is 25.0 Å². The van der Waals surface area contributed by atoms with Crippen LogP contribution in [0, 0.1) is 27.7 Å². The molecule has 1 aliphatic heterocycles. The summed E-state index contributed by atoms with van der Waals surface area (Å²) in [5.74, 6) is -0.325. The molecule has 1 saturated heterocycles. The van der Waals surface area contributed by atoms with Gasteiger partial charge in [-0.2, -0.15) is 17.0 Å². The van der Waals surface area contributed by atoms with Crippen molar-refractivity contribution in [1.82, 2.24) is 8.61 Å². The lowest BCUT2D eigenvalue weighted by molar-refractivity contribution is -0.116. The number of benzene rings is 2. The Morgan fingerprint density at radius 3 is 2.31 bits per heavy atom. The van der Waals surface area contributed by atoms with Crippen LogP contribution in [0.25, 0.3) is 0 Å². The van der Waals surface area contributed by atoms with Crippen LogP contribution < -0.4 is 5.32 Å². The van der Waals surface area contributed by atoms with E-state index in [2.05, 4.69) is 5.32 Å². The number of nitrogens with zero attached hydrogens (tertiary/aromatic N) is 2. The van der Waals surface area contributed by atoms with Crippen LogP contribution in [0.15, 0.2) is 36.4 Å². The summed E-state index contributed by atoms with van der Waals surface area (Å²) in [6.45, 7) is 8.86. The lowest BCUT2D eigenvalue weighted by atomic mass is 10.1. The molecule has 2 aromatic rings. The summed E-state index contributed by atoms with van der Waals surface area (Å²) in [6, 6.07) is 11.8. The fourth-order valence-electron chi connectivity index (χ4n) is 3.60. The van der Waals surface area contributed by atoms with Gasteiger partial charge in [0, 0.05) is 25.3 Å². The summed E-state index contributed by atoms with van der Waals surface area (Å²) in [4.78, 5) is 12.5. The first-order valence-electron chi connectivity index (χ1n) is 9.85. The Hall–Kier alpha value is -2.22. The lowest BCUT2D eigenvalue weighted by Crippen LogP contribution is -2.51. The molecule has 2 aromatic carbocycles. The number of aryl methyl sites for hydroxylation is 4. The van der Waals surface area contributed by atoms with E-state index in [1.807, 2.05) is 64.1 Å². The molecule has 6 nitrogen and oxygen atoms in total. The summed E-state index contributed by atoms with van der Waals surface area (Å²) >= 11 is 0. The molecule has 7 heteroatoms. The second kappa shape index (κ2) is 8.65. The Morgan fingerprint density at radius 2 is 1.59 bits per heavy atom. The molecular weight excluding hydrogens is 386 g/mol. The molecule has 0 bridgehead atoms. The van der Waals surface area contributed by atoms with E-state index < -0.39 is 10.2 Å². The summed E-state index contributed by atoms with van der Waals surface area (Å²) in [5.41, 5.74) is 5.94. The van der Waals surface area contributed by atoms with Crippen molar-refractivity contribution in [3.63, 3.8) is 0 Å². The minimum Gasteiger partial charge on any atom is -0.325 e. The third-order valence-corrected chi connectivity index (χ3v) is 7.22. The van der Waals surface area contributed by atoms with Gasteiger partial charge in [0.2, 0.25) is 5.91 Å². The second-order valence-electron chi connectivity index (χ2n) is 7.82. The standard InChI is InChI=1S/C22H29N3O3S/c1-16-7-9-21(19(4)12-16)23-22(26)15-25-11-5-10-24(29(25,27)28)14-20-13-17(2)6-8-18(20)3/h6-9,12-13H,5,10-11,14-15H2,1-4H3,(H,23,26). The van der Waals surface area contributed by atoms with E-state index in [9.17, 15) is 13.2 Å². The number of rotatable bonds is 5. The molecule has 156 valence electrons. The van der Waals surface area contributed by atoms with Gasteiger partial charge in [0.05, 0.1) is 6.54 Å². The fraction of sp³-hybridized carbons (Fsp3) is 0.409. The van der Waals surface area contributed by atoms with Crippen molar-refractivity contribution in [3.05, 3.63) is 64.2 Å². The monoisotopic (exact) mass is 415 g/mol. The average molecular weight is 416 g/mol. The highest BCUT2D eigenvalue weighted by Crippen LogP contribution is 2.22. The molecule has 0 unspecified atom stereocenters. The van der Waals surface area contributed by atoms with Crippen LogP contribution in [-0.4, -0.2) is 42.6 Å². The summed E-state index contributed by atoms with van der Waals surface area (Å²) < 4.78 is 28.9. The number of hydrogen-bond donors (Lipinski definition) is 1. The number of carbonyl (C=O) groups excluding carboxylic acids is 1. The second-order valence-corrected chi connectivity index (χ2v) is 9.75. The van der Waals surface area contributed by atoms with E-state index in [-0.39, 0.29) is 12.5 Å². The van der Waals surface area contributed by atoms with Gasteiger partial charge in [-0.1, -0.05) is 41.5 Å². The SMILES string of the molecule is Cc1ccc(NC(=O)CN2CCCN(Cc3cc(C)ccc3C)S2(=O)=O)c(C)c1. The van der Waals surface area contributed by atoms with Gasteiger partial charge in [0.25, 0.3) is 10.2 Å². The minimum absolute atomic E-state index is 0.182. The van der Waals surface area contributed by atoms with Gasteiger partial charge in [0.1, 0.15) is 0 Å². The van der Waals surface area contributed by atoms with Gasteiger partial charge in [-0.25, -0.2) is 0 Å². The molecular formula is C22H29N3O3S. The molecule has 0 saturated carbocycles. The molecule has 1 N–H and O–H groups in total. The number of anilines is 1. The minimum atomic E-state index is -3.69. The Bertz CT molecular complexity index is 1020. The zero-order chi connectivity index (χ0) is 21.2. The van der Waals surface area contributed by atoms with E-state index in [4.69, 9.17) is 0 Å². The first-order chi connectivity index (χ1) is 13.7. The predicted octanol–water partition coefficient (Wildman–Crippen LogP) is 3.31. The fourth-order valence-corrected chi connectivity index (χ4v) is 5.23. The number of nitrogens with one attached hydrogen (secondary N) is 1. The van der Waals surface area contributed by atoms with Crippen molar-refractivity contribution >= 4 is 21.8 Å². The lowest BCUT2D eigenvalue weighted by Gasteiger charge is -2.34. The largest absolute Gasteiger partial charge is 0.325 e. The first kappa shape index (κ1) is 21.5. The van der Waals surface area contributed by atoms with Gasteiger partial charge < -0.3 is 5.32 Å². The van der Waals surface area contributed by atoms with E-state index >= 15 is 0 Å². The third-order valence-electron chi connectivity index (χ3n) is 5.29. The highest BCUT2D eigenvalue weighted by Gasteiger charge is 2.35. The third kappa shape index (κ3) is 5.04. The van der Waals surface area contributed by atoms with Crippen LogP contribution in [0.2, 0.25) is 0 Å². The highest BCUT2D eigenvalue weighted by molar-refractivity contribution is 7.86. The molecule has 0 aliphatic carbocycles. The molecule has 3 rings (SSSR count). The van der Waals surface area contributed by atoms with Crippen molar-refractivity contribution in [2.45, 2.75) is 40.7 Å². The zero-order valence-electron chi connectivity index (χ0n) is 17.5. The molecule has 0 spiro atoms. The summed E-state index contributed by atoms with van der Waals surface area (Å²) in [6.07, 6.45) is 0.695. The number of amides is 1. The predicted molar refractivity (Wildman–Crippen MR) is 116 cm³/mol. The molecule has 0 aromatic heterocycles. The zero-order valence-corrected chi connectivity index (χ0v) is 18.3. The molecule has 1 heterocycles. The average Bonchev–Trinajstić information content (AvgIpc) is 2.64. The van der Waals surface area contributed by atoms with Crippen LogP contribution in [0.1, 0.15) is 34.2 Å². The maximum Gasteiger partial charge on any atom is 0.282 e. The Balaban J connectivity index is 1.71. The van der Waals surface area contributed by atoms with Crippen molar-refractivity contribution in [1.29, 1.82) is 0 Å². The summed E-state index contributed by atoms with van der Waals surface area (Å²) in [7, 11) is -3.69. The number of hydrogen-bond acceptors (Lipinski definition) is 3. The van der Waals surface area contributed by atoms with Gasteiger partial charge in [-0.3, -0.25) is 4.79 Å². The van der Waals surface area contributed by atoms with Crippen LogP contribution in [0.3, 0.4) is 0 Å². The first-order valence-corrected chi connectivity index (χ1v) is 11.2. The quantitative estimate of drug-likeness (QED) is 0.815. The van der Waals surface area contributed by atoms with Gasteiger partial charge in [0.15, 0.2) is 0 Å². The molecule has 0 atom stereocenters. The maximum atomic E-state index is 13.1. The van der Waals surface area contributed by atoms with Gasteiger partial charge >= 0.3 is 0 Å². The molecule has 1 fully saturated rings. The van der Waals surface area contributed by atoms with E-state index in [0.717, 1.165) is 27.8 Å². The summed E-state index contributed by atoms with van der Waals surface area (Å²) in [5, 5.41) is 2.84. The van der Waals surface area contributed by atoms with Crippen molar-refractivity contribution < 1.29 is 13.2 Å². The Labute approximate surface area is 173 Å². The highest BCUT2D eigenvalue weighted by atomic mass is 32.2. The van der Waals surface area contributed by atoms with E-state index in [0.29, 0.717) is 31.7 Å². The molecule has 0 radical (unpaired) electrons. The molecule has 1 aliphatic rings. The van der Waals surface area contributed by atoms with Crippen molar-refractivity contribution in [2.24, 2.45) is 0 Å². The maximum absolute atomic E-state index is 13.1. The van der Waals surface area contributed by atoms with Crippen LogP contribution in [-0.2, 0) is 21.5 Å². The molecule has 1 amide bonds. The Kier molecular flexibility index (Phi) is 6.41. The van der Waals surface area contributed by atoms with E-state index in [1.165, 1.54) is 8.61 Å². The number of carbonyl (C=O) groups is 1. The van der Waals surface area contributed by atoms with Crippen LogP contribution in [0.4, 0.5) is 5.69 Å². The molecule has 29 heavy (non-hydrogen) atoms. The van der Waals surface area contributed by atoms with Crippen LogP contribution >= 0.6 is 0 Å². The van der Waals surface area contributed by atoms with E-state index in [1.54, 1.807) is 0 Å². The Morgan fingerprint density at radius 1 is 0.931 bits per heavy atom. The topological polar surface area (TPSA) is 69.7 Å². The normalized spacial score (nSPS) is 17.2. The van der Waals surface area contributed by atoms with Gasteiger partial charge in [-0.05, 0) is 56.9 Å². The smallest absolute Gasteiger partial charge is 0.282 e.